The number of hydrogen-bond acceptors (Lipinski definition) is 8. The van der Waals surface area contributed by atoms with Crippen molar-refractivity contribution in [2.45, 2.75) is 90.4 Å². The molecule has 1 fully saturated rings. The van der Waals surface area contributed by atoms with Gasteiger partial charge < -0.3 is 18.6 Å². The lowest BCUT2D eigenvalue weighted by Gasteiger charge is -2.36. The summed E-state index contributed by atoms with van der Waals surface area (Å²) in [4.78, 5) is 0. The van der Waals surface area contributed by atoms with Crippen LogP contribution in [0.2, 0.25) is 18.1 Å². The van der Waals surface area contributed by atoms with Gasteiger partial charge in [0.2, 0.25) is 8.32 Å². The Kier molecular flexibility index (Phi) is 10.5. The van der Waals surface area contributed by atoms with E-state index in [1.54, 1.807) is 0 Å². The highest BCUT2D eigenvalue weighted by molar-refractivity contribution is 7.85. The van der Waals surface area contributed by atoms with Crippen molar-refractivity contribution >= 4 is 29.3 Å². The van der Waals surface area contributed by atoms with E-state index in [2.05, 4.69) is 51.1 Å². The Morgan fingerprint density at radius 3 is 2.69 bits per heavy atom. The number of aromatic nitrogens is 4. The standard InChI is InChI=1S/C29H46N4O7SSi/c1-22(21-37-14-9-17-41(34,35)36)38-16-13-32-20-23(19-30-32)28-25-18-24(40-42(5,6)29(2,3)4)11-12-26(25)33(31-28)27-10-7-8-15-39-27/h11-12,18-20,22,27H,7-10,13-17,21H2,1-6H3,(H,34,35,36)/t22-,27?/m0/s1. The minimum Gasteiger partial charge on any atom is -0.543 e. The number of ether oxygens (including phenoxy) is 3. The average molecular weight is 623 g/mol. The molecule has 4 rings (SSSR count). The molecule has 2 aromatic heterocycles. The zero-order chi connectivity index (χ0) is 30.5. The quantitative estimate of drug-likeness (QED) is 0.137. The second-order valence-electron chi connectivity index (χ2n) is 12.5. The molecule has 0 aliphatic carbocycles. The van der Waals surface area contributed by atoms with Crippen molar-refractivity contribution in [2.24, 2.45) is 0 Å². The highest BCUT2D eigenvalue weighted by Crippen LogP contribution is 2.39. The molecule has 2 atom stereocenters. The van der Waals surface area contributed by atoms with Crippen LogP contribution in [0.25, 0.3) is 22.2 Å². The molecule has 1 aliphatic heterocycles. The van der Waals surface area contributed by atoms with Gasteiger partial charge >= 0.3 is 0 Å². The van der Waals surface area contributed by atoms with E-state index in [1.165, 1.54) is 0 Å². The number of benzene rings is 1. The third kappa shape index (κ3) is 8.63. The summed E-state index contributed by atoms with van der Waals surface area (Å²) in [6, 6.07) is 6.25. The molecule has 0 bridgehead atoms. The molecule has 42 heavy (non-hydrogen) atoms. The molecule has 1 aliphatic rings. The fraction of sp³-hybridized carbons (Fsp3) is 0.655. The third-order valence-electron chi connectivity index (χ3n) is 7.96. The molecule has 1 N–H and O–H groups in total. The zero-order valence-electron chi connectivity index (χ0n) is 25.7. The summed E-state index contributed by atoms with van der Waals surface area (Å²) >= 11 is 0. The van der Waals surface area contributed by atoms with E-state index >= 15 is 0 Å². The first-order valence-electron chi connectivity index (χ1n) is 14.7. The van der Waals surface area contributed by atoms with Gasteiger partial charge in [-0.1, -0.05) is 20.8 Å². The van der Waals surface area contributed by atoms with Crippen LogP contribution in [0.3, 0.4) is 0 Å². The first kappa shape index (κ1) is 32.6. The van der Waals surface area contributed by atoms with Crippen molar-refractivity contribution in [2.75, 3.05) is 32.2 Å². The summed E-state index contributed by atoms with van der Waals surface area (Å²) in [5.74, 6) is 0.546. The summed E-state index contributed by atoms with van der Waals surface area (Å²) in [5.41, 5.74) is 2.77. The monoisotopic (exact) mass is 622 g/mol. The van der Waals surface area contributed by atoms with Crippen LogP contribution in [-0.2, 0) is 30.9 Å². The Morgan fingerprint density at radius 1 is 1.21 bits per heavy atom. The van der Waals surface area contributed by atoms with Crippen LogP contribution < -0.4 is 4.43 Å². The van der Waals surface area contributed by atoms with Gasteiger partial charge in [0.1, 0.15) is 11.4 Å². The first-order valence-corrected chi connectivity index (χ1v) is 19.3. The Labute approximate surface area is 250 Å². The van der Waals surface area contributed by atoms with E-state index in [-0.39, 0.29) is 36.2 Å². The van der Waals surface area contributed by atoms with Crippen LogP contribution in [-0.4, -0.2) is 79.1 Å². The molecule has 3 aromatic rings. The van der Waals surface area contributed by atoms with Gasteiger partial charge in [-0.3, -0.25) is 9.23 Å². The molecule has 1 saturated heterocycles. The summed E-state index contributed by atoms with van der Waals surface area (Å²) in [6.07, 6.45) is 6.90. The van der Waals surface area contributed by atoms with Crippen LogP contribution in [0, 0.1) is 0 Å². The van der Waals surface area contributed by atoms with Crippen molar-refractivity contribution in [3.05, 3.63) is 30.6 Å². The van der Waals surface area contributed by atoms with Crippen LogP contribution in [0.4, 0.5) is 0 Å². The predicted molar refractivity (Wildman–Crippen MR) is 165 cm³/mol. The second-order valence-corrected chi connectivity index (χ2v) is 18.8. The first-order chi connectivity index (χ1) is 19.7. The summed E-state index contributed by atoms with van der Waals surface area (Å²) in [6.45, 7) is 15.4. The average Bonchev–Trinajstić information content (AvgIpc) is 3.52. The van der Waals surface area contributed by atoms with Gasteiger partial charge in [-0.05, 0) is 68.9 Å². The maximum atomic E-state index is 10.8. The van der Waals surface area contributed by atoms with E-state index in [0.29, 0.717) is 19.8 Å². The molecular weight excluding hydrogens is 576 g/mol. The van der Waals surface area contributed by atoms with Crippen molar-refractivity contribution in [3.63, 3.8) is 0 Å². The van der Waals surface area contributed by atoms with Crippen LogP contribution in [0.15, 0.2) is 30.6 Å². The molecule has 0 saturated carbocycles. The van der Waals surface area contributed by atoms with Crippen molar-refractivity contribution in [1.29, 1.82) is 0 Å². The van der Waals surface area contributed by atoms with E-state index in [4.69, 9.17) is 28.3 Å². The lowest BCUT2D eigenvalue weighted by molar-refractivity contribution is -0.0365. The fourth-order valence-corrected chi connectivity index (χ4v) is 6.08. The van der Waals surface area contributed by atoms with Gasteiger partial charge in [-0.15, -0.1) is 0 Å². The molecule has 13 heteroatoms. The Morgan fingerprint density at radius 2 is 2.00 bits per heavy atom. The highest BCUT2D eigenvalue weighted by Gasteiger charge is 2.39. The maximum absolute atomic E-state index is 10.8. The Bertz CT molecular complexity index is 1430. The topological polar surface area (TPSA) is 127 Å². The molecule has 0 spiro atoms. The molecule has 0 amide bonds. The van der Waals surface area contributed by atoms with Gasteiger partial charge in [0.05, 0.1) is 43.3 Å². The summed E-state index contributed by atoms with van der Waals surface area (Å²) in [7, 11) is -5.98. The second kappa shape index (κ2) is 13.6. The number of hydrogen-bond donors (Lipinski definition) is 1. The molecule has 234 valence electrons. The molecule has 1 aromatic carbocycles. The normalized spacial score (nSPS) is 17.5. The molecule has 3 heterocycles. The van der Waals surface area contributed by atoms with Crippen LogP contribution in [0.5, 0.6) is 5.75 Å². The van der Waals surface area contributed by atoms with E-state index in [9.17, 15) is 8.42 Å². The van der Waals surface area contributed by atoms with E-state index < -0.39 is 18.4 Å². The Hall–Kier alpha value is -2.29. The number of nitrogens with zero attached hydrogens (tertiary/aromatic N) is 4. The highest BCUT2D eigenvalue weighted by atomic mass is 32.2. The van der Waals surface area contributed by atoms with Crippen LogP contribution >= 0.6 is 0 Å². The SMILES string of the molecule is C[C@@H](COCCCS(=O)(=O)O)OCCn1cc(-c2nn(C3CCCCO3)c3ccc(O[Si](C)(C)C(C)(C)C)cc23)cn1. The van der Waals surface area contributed by atoms with Gasteiger partial charge in [0, 0.05) is 30.4 Å². The maximum Gasteiger partial charge on any atom is 0.264 e. The molecular formula is C29H46N4O7SSi. The Balaban J connectivity index is 1.45. The molecule has 0 radical (unpaired) electrons. The largest absolute Gasteiger partial charge is 0.543 e. The fourth-order valence-electron chi connectivity index (χ4n) is 4.58. The van der Waals surface area contributed by atoms with Crippen LogP contribution in [0.1, 0.15) is 59.6 Å². The van der Waals surface area contributed by atoms with Gasteiger partial charge in [0.25, 0.3) is 10.1 Å². The van der Waals surface area contributed by atoms with E-state index in [1.807, 2.05) is 34.7 Å². The van der Waals surface area contributed by atoms with Gasteiger partial charge in [-0.25, -0.2) is 4.68 Å². The number of fused-ring (bicyclic) bond motifs is 1. The summed E-state index contributed by atoms with van der Waals surface area (Å²) < 4.78 is 58.3. The predicted octanol–water partition coefficient (Wildman–Crippen LogP) is 5.68. The minimum atomic E-state index is -3.96. The van der Waals surface area contributed by atoms with E-state index in [0.717, 1.165) is 53.8 Å². The molecule has 11 nitrogen and oxygen atoms in total. The number of rotatable bonds is 14. The molecule has 1 unspecified atom stereocenters. The van der Waals surface area contributed by atoms with Gasteiger partial charge in [0.15, 0.2) is 6.23 Å². The minimum absolute atomic E-state index is 0.0842. The van der Waals surface area contributed by atoms with Crippen molar-refractivity contribution in [3.8, 4) is 17.0 Å². The van der Waals surface area contributed by atoms with Crippen molar-refractivity contribution in [1.82, 2.24) is 19.6 Å². The lowest BCUT2D eigenvalue weighted by atomic mass is 10.1. The van der Waals surface area contributed by atoms with Gasteiger partial charge in [-0.2, -0.15) is 18.6 Å². The lowest BCUT2D eigenvalue weighted by Crippen LogP contribution is -2.43. The third-order valence-corrected chi connectivity index (χ3v) is 13.1. The van der Waals surface area contributed by atoms with Crippen molar-refractivity contribution < 1.29 is 31.6 Å². The smallest absolute Gasteiger partial charge is 0.264 e. The zero-order valence-corrected chi connectivity index (χ0v) is 27.5. The summed E-state index contributed by atoms with van der Waals surface area (Å²) in [5, 5.41) is 10.7.